The Morgan fingerprint density at radius 1 is 1.26 bits per heavy atom. The lowest BCUT2D eigenvalue weighted by Crippen LogP contribution is -2.27. The summed E-state index contributed by atoms with van der Waals surface area (Å²) in [5.41, 5.74) is 3.08. The van der Waals surface area contributed by atoms with Crippen LogP contribution in [0.1, 0.15) is 57.6 Å². The van der Waals surface area contributed by atoms with Crippen LogP contribution in [-0.2, 0) is 6.42 Å². The zero-order valence-electron chi connectivity index (χ0n) is 12.7. The van der Waals surface area contributed by atoms with Gasteiger partial charge in [-0.05, 0) is 36.8 Å². The maximum Gasteiger partial charge on any atom is 0.252 e. The summed E-state index contributed by atoms with van der Waals surface area (Å²) >= 11 is 1.50. The van der Waals surface area contributed by atoms with E-state index < -0.39 is 0 Å². The molecule has 1 aromatic carbocycles. The maximum atomic E-state index is 12.6. The summed E-state index contributed by atoms with van der Waals surface area (Å²) in [5.74, 6) is 0.427. The van der Waals surface area contributed by atoms with Gasteiger partial charge in [0.2, 0.25) is 0 Å². The zero-order chi connectivity index (χ0) is 15.8. The van der Waals surface area contributed by atoms with Crippen LogP contribution < -0.4 is 5.32 Å². The van der Waals surface area contributed by atoms with Crippen molar-refractivity contribution >= 4 is 17.2 Å². The van der Waals surface area contributed by atoms with Crippen molar-refractivity contribution in [3.63, 3.8) is 0 Å². The molecule has 1 heterocycles. The molecule has 118 valence electrons. The highest BCUT2D eigenvalue weighted by Crippen LogP contribution is 2.42. The molecule has 2 aliphatic rings. The number of hydrogen-bond donors (Lipinski definition) is 1. The third-order valence-corrected chi connectivity index (χ3v) is 5.97. The van der Waals surface area contributed by atoms with Crippen LogP contribution >= 0.6 is 11.3 Å². The van der Waals surface area contributed by atoms with E-state index in [-0.39, 0.29) is 18.0 Å². The molecule has 0 saturated heterocycles. The van der Waals surface area contributed by atoms with E-state index in [1.54, 1.807) is 0 Å². The first-order valence-corrected chi connectivity index (χ1v) is 8.94. The summed E-state index contributed by atoms with van der Waals surface area (Å²) in [5, 5.41) is 8.25. The molecule has 4 rings (SSSR count). The number of nitrogens with one attached hydrogen (secondary N) is 1. The highest BCUT2D eigenvalue weighted by atomic mass is 32.1. The minimum atomic E-state index is -0.261. The predicted molar refractivity (Wildman–Crippen MR) is 90.8 cm³/mol. The molecule has 1 saturated carbocycles. The molecule has 0 aliphatic heterocycles. The molecule has 1 fully saturated rings. The Hall–Kier alpha value is -2.01. The van der Waals surface area contributed by atoms with Crippen LogP contribution in [0.4, 0.5) is 0 Å². The van der Waals surface area contributed by atoms with Crippen molar-refractivity contribution in [1.29, 1.82) is 0 Å². The second-order valence-corrected chi connectivity index (χ2v) is 7.25. The lowest BCUT2D eigenvalue weighted by atomic mass is 9.92. The first-order valence-electron chi connectivity index (χ1n) is 8.06. The maximum absolute atomic E-state index is 12.6. The highest BCUT2D eigenvalue weighted by molar-refractivity contribution is 7.10. The van der Waals surface area contributed by atoms with Crippen molar-refractivity contribution in [3.8, 4) is 0 Å². The molecule has 5 heteroatoms. The van der Waals surface area contributed by atoms with Gasteiger partial charge in [0.15, 0.2) is 0 Å². The Bertz CT molecular complexity index is 741. The van der Waals surface area contributed by atoms with Gasteiger partial charge >= 0.3 is 0 Å². The van der Waals surface area contributed by atoms with Gasteiger partial charge < -0.3 is 5.32 Å². The largest absolute Gasteiger partial charge is 0.349 e. The van der Waals surface area contributed by atoms with E-state index in [0.29, 0.717) is 5.92 Å². The smallest absolute Gasteiger partial charge is 0.252 e. The second-order valence-electron chi connectivity index (χ2n) is 6.34. The van der Waals surface area contributed by atoms with Crippen LogP contribution in [0.3, 0.4) is 0 Å². The number of carbonyl (C=O) groups is 1. The van der Waals surface area contributed by atoms with Gasteiger partial charge in [-0.3, -0.25) is 4.79 Å². The lowest BCUT2D eigenvalue weighted by Gasteiger charge is -2.17. The van der Waals surface area contributed by atoms with Crippen molar-refractivity contribution < 1.29 is 4.79 Å². The van der Waals surface area contributed by atoms with Gasteiger partial charge in [0.25, 0.3) is 5.91 Å². The van der Waals surface area contributed by atoms with Gasteiger partial charge in [-0.1, -0.05) is 35.5 Å². The molecule has 3 atom stereocenters. The molecular formula is C18H18N2O2S. The molecule has 1 amide bonds. The summed E-state index contributed by atoms with van der Waals surface area (Å²) in [6, 6.07) is 10.3. The summed E-state index contributed by atoms with van der Waals surface area (Å²) in [6.07, 6.45) is 3.61. The van der Waals surface area contributed by atoms with Crippen molar-refractivity contribution in [3.05, 3.63) is 62.2 Å². The molecule has 2 aliphatic carbocycles. The van der Waals surface area contributed by atoms with Gasteiger partial charge in [-0.25, -0.2) is 0 Å². The first-order chi connectivity index (χ1) is 11.3. The van der Waals surface area contributed by atoms with Crippen molar-refractivity contribution in [2.24, 2.45) is 5.18 Å². The average molecular weight is 326 g/mol. The molecule has 1 unspecified atom stereocenters. The van der Waals surface area contributed by atoms with Gasteiger partial charge in [0, 0.05) is 22.2 Å². The number of fused-ring (bicyclic) bond motifs is 1. The summed E-state index contributed by atoms with van der Waals surface area (Å²) in [4.78, 5) is 24.5. The number of amides is 1. The number of thiophene rings is 1. The third-order valence-electron chi connectivity index (χ3n) is 4.84. The van der Waals surface area contributed by atoms with Gasteiger partial charge in [0.1, 0.15) is 6.04 Å². The molecule has 0 spiro atoms. The number of rotatable bonds is 4. The van der Waals surface area contributed by atoms with Crippen LogP contribution in [0.15, 0.2) is 40.9 Å². The molecule has 0 radical (unpaired) electrons. The fraction of sp³-hybridized carbons (Fsp3) is 0.389. The summed E-state index contributed by atoms with van der Waals surface area (Å²) < 4.78 is 0. The van der Waals surface area contributed by atoms with Crippen LogP contribution in [-0.4, -0.2) is 11.9 Å². The zero-order valence-corrected chi connectivity index (χ0v) is 13.5. The second kappa shape index (κ2) is 5.89. The third kappa shape index (κ3) is 2.70. The SMILES string of the molecule is O=NC1CCCc2c(C(=O)N[C@@H]3C[C@H]3c3ccccc3)csc21. The van der Waals surface area contributed by atoms with Crippen molar-refractivity contribution in [1.82, 2.24) is 5.32 Å². The van der Waals surface area contributed by atoms with Crippen LogP contribution in [0.25, 0.3) is 0 Å². The molecule has 2 aromatic rings. The molecule has 4 nitrogen and oxygen atoms in total. The summed E-state index contributed by atoms with van der Waals surface area (Å²) in [6.45, 7) is 0. The summed E-state index contributed by atoms with van der Waals surface area (Å²) in [7, 11) is 0. The molecule has 1 aromatic heterocycles. The Kier molecular flexibility index (Phi) is 3.73. The quantitative estimate of drug-likeness (QED) is 0.857. The van der Waals surface area contributed by atoms with E-state index in [1.165, 1.54) is 16.9 Å². The lowest BCUT2D eigenvalue weighted by molar-refractivity contribution is 0.0949. The predicted octanol–water partition coefficient (Wildman–Crippen LogP) is 4.18. The Balaban J connectivity index is 1.47. The van der Waals surface area contributed by atoms with Gasteiger partial charge in [0.05, 0.1) is 5.56 Å². The van der Waals surface area contributed by atoms with Crippen LogP contribution in [0.5, 0.6) is 0 Å². The number of benzene rings is 1. The molecule has 23 heavy (non-hydrogen) atoms. The fourth-order valence-corrected chi connectivity index (χ4v) is 4.66. The van der Waals surface area contributed by atoms with Crippen molar-refractivity contribution in [2.45, 2.75) is 43.7 Å². The molecule has 0 bridgehead atoms. The van der Waals surface area contributed by atoms with E-state index in [4.69, 9.17) is 0 Å². The fourth-order valence-electron chi connectivity index (χ4n) is 3.50. The Labute approximate surface area is 138 Å². The molecule has 1 N–H and O–H groups in total. The van der Waals surface area contributed by atoms with Crippen molar-refractivity contribution in [2.75, 3.05) is 0 Å². The number of hydrogen-bond acceptors (Lipinski definition) is 4. The number of nitrogens with zero attached hydrogens (tertiary/aromatic N) is 1. The Morgan fingerprint density at radius 3 is 2.87 bits per heavy atom. The van der Waals surface area contributed by atoms with E-state index in [9.17, 15) is 9.70 Å². The number of nitroso groups, excluding NO2 is 1. The molecular weight excluding hydrogens is 308 g/mol. The monoisotopic (exact) mass is 326 g/mol. The van der Waals surface area contributed by atoms with Crippen LogP contribution in [0.2, 0.25) is 0 Å². The average Bonchev–Trinajstić information content (AvgIpc) is 3.21. The minimum Gasteiger partial charge on any atom is -0.349 e. The standard InChI is InChI=1S/C18H18N2O2S/c21-18(19-16-9-13(16)11-5-2-1-3-6-11)14-10-23-17-12(14)7-4-8-15(17)20-22/h1-3,5-6,10,13,15-16H,4,7-9H2,(H,19,21)/t13-,15?,16+/m0/s1. The van der Waals surface area contributed by atoms with Crippen LogP contribution in [0, 0.1) is 4.91 Å². The van der Waals surface area contributed by atoms with Gasteiger partial charge in [-0.2, -0.15) is 4.91 Å². The Morgan fingerprint density at radius 2 is 2.09 bits per heavy atom. The van der Waals surface area contributed by atoms with E-state index in [1.807, 2.05) is 23.6 Å². The normalized spacial score (nSPS) is 25.5. The van der Waals surface area contributed by atoms with E-state index >= 15 is 0 Å². The first kappa shape index (κ1) is 14.6. The number of carbonyl (C=O) groups excluding carboxylic acids is 1. The highest BCUT2D eigenvalue weighted by Gasteiger charge is 2.40. The van der Waals surface area contributed by atoms with E-state index in [2.05, 4.69) is 22.6 Å². The topological polar surface area (TPSA) is 58.5 Å². The van der Waals surface area contributed by atoms with E-state index in [0.717, 1.165) is 41.7 Å². The minimum absolute atomic E-state index is 0.00233. The van der Waals surface area contributed by atoms with Gasteiger partial charge in [-0.15, -0.1) is 11.3 Å².